The van der Waals surface area contributed by atoms with Crippen molar-refractivity contribution >= 4 is 35.2 Å². The van der Waals surface area contributed by atoms with Crippen molar-refractivity contribution in [2.24, 2.45) is 0 Å². The number of benzene rings is 2. The summed E-state index contributed by atoms with van der Waals surface area (Å²) in [4.78, 5) is 23.5. The molecule has 3 rings (SSSR count). The van der Waals surface area contributed by atoms with Gasteiger partial charge in [-0.2, -0.15) is 0 Å². The lowest BCUT2D eigenvalue weighted by molar-refractivity contribution is -0.140. The number of hydrogen-bond acceptors (Lipinski definition) is 7. The van der Waals surface area contributed by atoms with E-state index in [9.17, 15) is 9.59 Å². The number of aryl methyl sites for hydroxylation is 1. The molecular formula is C24H27ClN4O4S. The fraction of sp³-hybridized carbons (Fsp3) is 0.333. The molecule has 10 heteroatoms. The normalized spacial score (nSPS) is 10.7. The smallest absolute Gasteiger partial charge is 0.305 e. The van der Waals surface area contributed by atoms with Crippen LogP contribution >= 0.6 is 23.4 Å². The van der Waals surface area contributed by atoms with Gasteiger partial charge in [0.2, 0.25) is 5.91 Å². The molecule has 0 aliphatic heterocycles. The highest BCUT2D eigenvalue weighted by molar-refractivity contribution is 7.98. The van der Waals surface area contributed by atoms with Gasteiger partial charge in [-0.05, 0) is 48.7 Å². The Labute approximate surface area is 208 Å². The summed E-state index contributed by atoms with van der Waals surface area (Å²) in [5.74, 6) is 1.53. The van der Waals surface area contributed by atoms with Gasteiger partial charge in [-0.3, -0.25) is 14.2 Å². The maximum absolute atomic E-state index is 12.3. The van der Waals surface area contributed by atoms with E-state index in [4.69, 9.17) is 16.3 Å². The number of halogens is 1. The third-order valence-electron chi connectivity index (χ3n) is 5.07. The highest BCUT2D eigenvalue weighted by atomic mass is 35.5. The van der Waals surface area contributed by atoms with Gasteiger partial charge in [0.15, 0.2) is 11.0 Å². The minimum Gasteiger partial charge on any atom is -0.497 e. The van der Waals surface area contributed by atoms with E-state index in [1.54, 1.807) is 7.11 Å². The molecule has 1 heterocycles. The molecule has 0 radical (unpaired) electrons. The van der Waals surface area contributed by atoms with E-state index in [0.717, 1.165) is 22.6 Å². The molecule has 8 nitrogen and oxygen atoms in total. The molecule has 1 N–H and O–H groups in total. The van der Waals surface area contributed by atoms with Crippen molar-refractivity contribution in [2.45, 2.75) is 43.6 Å². The predicted octanol–water partition coefficient (Wildman–Crippen LogP) is 4.49. The first kappa shape index (κ1) is 25.6. The number of amides is 1. The molecule has 3 aromatic rings. The Bertz CT molecular complexity index is 1150. The van der Waals surface area contributed by atoms with Crippen LogP contribution in [0.5, 0.6) is 5.75 Å². The van der Waals surface area contributed by atoms with Gasteiger partial charge in [0, 0.05) is 23.6 Å². The third kappa shape index (κ3) is 6.98. The summed E-state index contributed by atoms with van der Waals surface area (Å²) < 4.78 is 11.8. The molecule has 0 spiro atoms. The highest BCUT2D eigenvalue weighted by Crippen LogP contribution is 2.29. The molecule has 34 heavy (non-hydrogen) atoms. The number of nitrogens with zero attached hydrogens (tertiary/aromatic N) is 3. The van der Waals surface area contributed by atoms with Crippen molar-refractivity contribution in [3.8, 4) is 11.4 Å². The average molecular weight is 503 g/mol. The number of hydrogen-bond donors (Lipinski definition) is 1. The monoisotopic (exact) mass is 502 g/mol. The first-order valence-corrected chi connectivity index (χ1v) is 12.1. The van der Waals surface area contributed by atoms with Crippen LogP contribution in [0.3, 0.4) is 0 Å². The lowest BCUT2D eigenvalue weighted by Gasteiger charge is -2.14. The molecule has 0 saturated carbocycles. The van der Waals surface area contributed by atoms with Gasteiger partial charge in [-0.25, -0.2) is 0 Å². The molecular weight excluding hydrogens is 476 g/mol. The maximum Gasteiger partial charge on any atom is 0.305 e. The summed E-state index contributed by atoms with van der Waals surface area (Å²) in [7, 11) is 2.97. The molecule has 1 amide bonds. The second-order valence-electron chi connectivity index (χ2n) is 7.51. The van der Waals surface area contributed by atoms with Crippen LogP contribution in [0, 0.1) is 6.92 Å². The van der Waals surface area contributed by atoms with Crippen molar-refractivity contribution in [3.05, 3.63) is 64.4 Å². The van der Waals surface area contributed by atoms with Crippen molar-refractivity contribution < 1.29 is 19.1 Å². The molecule has 0 saturated heterocycles. The Hall–Kier alpha value is -3.04. The topological polar surface area (TPSA) is 95.3 Å². The van der Waals surface area contributed by atoms with Crippen molar-refractivity contribution in [2.75, 3.05) is 14.2 Å². The molecule has 0 atom stereocenters. The molecule has 0 bridgehead atoms. The molecule has 0 aliphatic carbocycles. The Kier molecular flexibility index (Phi) is 9.35. The van der Waals surface area contributed by atoms with Gasteiger partial charge in [-0.15, -0.1) is 10.2 Å². The van der Waals surface area contributed by atoms with Crippen LogP contribution in [0.4, 0.5) is 0 Å². The quantitative estimate of drug-likeness (QED) is 0.305. The predicted molar refractivity (Wildman–Crippen MR) is 131 cm³/mol. The number of rotatable bonds is 11. The van der Waals surface area contributed by atoms with Crippen molar-refractivity contribution in [3.63, 3.8) is 0 Å². The molecule has 0 aliphatic rings. The van der Waals surface area contributed by atoms with Gasteiger partial charge >= 0.3 is 5.97 Å². The van der Waals surface area contributed by atoms with E-state index in [1.165, 1.54) is 18.9 Å². The summed E-state index contributed by atoms with van der Waals surface area (Å²) in [6.07, 6.45) is 0.837. The second kappa shape index (κ2) is 12.4. The molecule has 1 aromatic heterocycles. The van der Waals surface area contributed by atoms with Crippen LogP contribution in [-0.2, 0) is 26.6 Å². The average Bonchev–Trinajstić information content (AvgIpc) is 3.25. The Morgan fingerprint density at radius 2 is 1.94 bits per heavy atom. The highest BCUT2D eigenvalue weighted by Gasteiger charge is 2.18. The summed E-state index contributed by atoms with van der Waals surface area (Å²) in [6.45, 7) is 2.17. The minimum atomic E-state index is -0.332. The number of aromatic nitrogens is 3. The van der Waals surface area contributed by atoms with Gasteiger partial charge in [0.05, 0.1) is 26.5 Å². The van der Waals surface area contributed by atoms with E-state index < -0.39 is 0 Å². The van der Waals surface area contributed by atoms with E-state index in [-0.39, 0.29) is 31.3 Å². The maximum atomic E-state index is 12.3. The van der Waals surface area contributed by atoms with E-state index in [1.807, 2.05) is 54.0 Å². The number of thioether (sulfide) groups is 1. The number of carbonyl (C=O) groups is 2. The van der Waals surface area contributed by atoms with Crippen LogP contribution < -0.4 is 10.1 Å². The van der Waals surface area contributed by atoms with Crippen LogP contribution in [0.1, 0.15) is 36.2 Å². The first-order valence-electron chi connectivity index (χ1n) is 10.7. The van der Waals surface area contributed by atoms with Crippen LogP contribution in [-0.4, -0.2) is 40.9 Å². The number of methoxy groups -OCH3 is 2. The zero-order valence-electron chi connectivity index (χ0n) is 19.3. The Morgan fingerprint density at radius 3 is 2.71 bits per heavy atom. The van der Waals surface area contributed by atoms with Gasteiger partial charge in [-0.1, -0.05) is 41.6 Å². The molecule has 0 fully saturated rings. The van der Waals surface area contributed by atoms with Crippen molar-refractivity contribution in [1.29, 1.82) is 0 Å². The summed E-state index contributed by atoms with van der Waals surface area (Å²) in [5.41, 5.74) is 2.93. The fourth-order valence-corrected chi connectivity index (χ4v) is 4.32. The van der Waals surface area contributed by atoms with Crippen LogP contribution in [0.25, 0.3) is 5.69 Å². The summed E-state index contributed by atoms with van der Waals surface area (Å²) >= 11 is 7.81. The summed E-state index contributed by atoms with van der Waals surface area (Å²) in [5, 5.41) is 12.9. The van der Waals surface area contributed by atoms with Gasteiger partial charge < -0.3 is 14.8 Å². The zero-order valence-corrected chi connectivity index (χ0v) is 20.9. The fourth-order valence-electron chi connectivity index (χ4n) is 3.25. The van der Waals surface area contributed by atoms with Crippen LogP contribution in [0.2, 0.25) is 5.02 Å². The van der Waals surface area contributed by atoms with Gasteiger partial charge in [0.25, 0.3) is 0 Å². The number of carbonyl (C=O) groups excluding carboxylic acids is 2. The molecule has 2 aromatic carbocycles. The standard InChI is InChI=1S/C24H27ClN4O4S/c1-16-10-11-18(25)13-20(16)29-21(14-26-22(30)8-5-9-23(31)33-3)27-28-24(29)34-15-17-6-4-7-19(12-17)32-2/h4,6-7,10-13H,5,8-9,14-15H2,1-3H3,(H,26,30). The SMILES string of the molecule is COC(=O)CCCC(=O)NCc1nnc(SCc2cccc(OC)c2)n1-c1cc(Cl)ccc1C. The third-order valence-corrected chi connectivity index (χ3v) is 6.31. The largest absolute Gasteiger partial charge is 0.497 e. The lowest BCUT2D eigenvalue weighted by Crippen LogP contribution is -2.24. The Balaban J connectivity index is 1.78. The van der Waals surface area contributed by atoms with Gasteiger partial charge in [0.1, 0.15) is 5.75 Å². The number of nitrogens with one attached hydrogen (secondary N) is 1. The second-order valence-corrected chi connectivity index (χ2v) is 8.89. The van der Waals surface area contributed by atoms with E-state index in [2.05, 4.69) is 20.3 Å². The number of ether oxygens (including phenoxy) is 2. The minimum absolute atomic E-state index is 0.174. The van der Waals surface area contributed by atoms with E-state index >= 15 is 0 Å². The molecule has 180 valence electrons. The first-order chi connectivity index (χ1) is 16.4. The Morgan fingerprint density at radius 1 is 1.12 bits per heavy atom. The van der Waals surface area contributed by atoms with E-state index in [0.29, 0.717) is 28.2 Å². The van der Waals surface area contributed by atoms with Crippen LogP contribution in [0.15, 0.2) is 47.6 Å². The summed E-state index contributed by atoms with van der Waals surface area (Å²) in [6, 6.07) is 13.5. The molecule has 0 unspecified atom stereocenters. The number of esters is 1. The lowest BCUT2D eigenvalue weighted by atomic mass is 10.2. The zero-order chi connectivity index (χ0) is 24.5. The van der Waals surface area contributed by atoms with Crippen molar-refractivity contribution in [1.82, 2.24) is 20.1 Å².